The van der Waals surface area contributed by atoms with Crippen molar-refractivity contribution in [3.8, 4) is 11.5 Å². The molecule has 0 aliphatic rings. The maximum atomic E-state index is 13.2. The molecule has 4 aromatic rings. The van der Waals surface area contributed by atoms with E-state index < -0.39 is 17.5 Å². The Morgan fingerprint density at radius 1 is 0.865 bits per heavy atom. The summed E-state index contributed by atoms with van der Waals surface area (Å²) in [6, 6.07) is 29.3. The molecule has 4 aromatic carbocycles. The molecule has 0 saturated carbocycles. The van der Waals surface area contributed by atoms with Crippen molar-refractivity contribution < 1.29 is 24.2 Å². The van der Waals surface area contributed by atoms with Crippen molar-refractivity contribution in [2.45, 2.75) is 5.60 Å². The van der Waals surface area contributed by atoms with E-state index in [1.165, 1.54) is 13.3 Å². The Balaban J connectivity index is 1.51. The van der Waals surface area contributed by atoms with Crippen LogP contribution in [0.3, 0.4) is 0 Å². The number of hydrazone groups is 1. The Hall–Kier alpha value is -4.02. The molecule has 0 radical (unpaired) electrons. The first-order valence-electron chi connectivity index (χ1n) is 11.2. The molecule has 0 aliphatic heterocycles. The molecule has 0 saturated heterocycles. The normalized spacial score (nSPS) is 11.2. The van der Waals surface area contributed by atoms with Gasteiger partial charge in [-0.3, -0.25) is 4.79 Å². The third-order valence-electron chi connectivity index (χ3n) is 5.58. The smallest absolute Gasteiger partial charge is 0.344 e. The molecule has 7 nitrogen and oxygen atoms in total. The Morgan fingerprint density at radius 3 is 2.05 bits per heavy atom. The summed E-state index contributed by atoms with van der Waals surface area (Å²) in [7, 11) is 1.46. The van der Waals surface area contributed by atoms with E-state index in [0.29, 0.717) is 28.0 Å². The van der Waals surface area contributed by atoms with Gasteiger partial charge >= 0.3 is 5.97 Å². The summed E-state index contributed by atoms with van der Waals surface area (Å²) in [5.41, 5.74) is 2.34. The second-order valence-corrected chi connectivity index (χ2v) is 9.08. The number of carbonyl (C=O) groups is 2. The van der Waals surface area contributed by atoms with Crippen LogP contribution in [0.2, 0.25) is 0 Å². The van der Waals surface area contributed by atoms with Crippen molar-refractivity contribution >= 4 is 40.7 Å². The predicted molar refractivity (Wildman–Crippen MR) is 149 cm³/mol. The Labute approximate surface area is 227 Å². The van der Waals surface area contributed by atoms with E-state index in [4.69, 9.17) is 9.47 Å². The molecule has 0 aliphatic carbocycles. The van der Waals surface area contributed by atoms with Crippen molar-refractivity contribution in [2.75, 3.05) is 7.11 Å². The van der Waals surface area contributed by atoms with E-state index in [2.05, 4.69) is 33.1 Å². The Kier molecular flexibility index (Phi) is 8.32. The lowest BCUT2D eigenvalue weighted by Gasteiger charge is -2.27. The topological polar surface area (TPSA) is 97.2 Å². The highest BCUT2D eigenvalue weighted by molar-refractivity contribution is 14.1. The molecule has 0 heterocycles. The zero-order chi connectivity index (χ0) is 26.3. The molecule has 0 fully saturated rings. The minimum absolute atomic E-state index is 0.246. The van der Waals surface area contributed by atoms with Crippen LogP contribution in [0.1, 0.15) is 27.0 Å². The summed E-state index contributed by atoms with van der Waals surface area (Å²) in [6.07, 6.45) is 1.41. The highest BCUT2D eigenvalue weighted by atomic mass is 127. The molecule has 186 valence electrons. The van der Waals surface area contributed by atoms with E-state index in [-0.39, 0.29) is 5.75 Å². The molecular formula is C29H23IN2O5. The zero-order valence-corrected chi connectivity index (χ0v) is 22.0. The van der Waals surface area contributed by atoms with Crippen molar-refractivity contribution in [2.24, 2.45) is 5.10 Å². The van der Waals surface area contributed by atoms with Gasteiger partial charge in [0, 0.05) is 3.57 Å². The molecule has 0 bridgehead atoms. The van der Waals surface area contributed by atoms with Crippen molar-refractivity contribution in [1.29, 1.82) is 0 Å². The van der Waals surface area contributed by atoms with Crippen molar-refractivity contribution in [1.82, 2.24) is 5.43 Å². The average molecular weight is 606 g/mol. The van der Waals surface area contributed by atoms with E-state index in [0.717, 1.165) is 3.57 Å². The fourth-order valence-electron chi connectivity index (χ4n) is 3.66. The number of hydrogen-bond acceptors (Lipinski definition) is 6. The molecule has 0 atom stereocenters. The summed E-state index contributed by atoms with van der Waals surface area (Å²) < 4.78 is 11.7. The molecule has 4 rings (SSSR count). The van der Waals surface area contributed by atoms with Gasteiger partial charge in [-0.1, -0.05) is 72.8 Å². The highest BCUT2D eigenvalue weighted by Crippen LogP contribution is 2.31. The molecule has 1 amide bonds. The van der Waals surface area contributed by atoms with Crippen LogP contribution in [0.4, 0.5) is 0 Å². The van der Waals surface area contributed by atoms with Gasteiger partial charge in [-0.05, 0) is 69.6 Å². The molecule has 0 aromatic heterocycles. The van der Waals surface area contributed by atoms with Crippen LogP contribution < -0.4 is 14.9 Å². The Bertz CT molecular complexity index is 1390. The van der Waals surface area contributed by atoms with E-state index in [9.17, 15) is 14.7 Å². The molecule has 0 spiro atoms. The first kappa shape index (κ1) is 26.1. The van der Waals surface area contributed by atoms with Gasteiger partial charge in [0.25, 0.3) is 5.91 Å². The van der Waals surface area contributed by atoms with E-state index in [1.807, 2.05) is 12.1 Å². The van der Waals surface area contributed by atoms with E-state index in [1.54, 1.807) is 91.0 Å². The van der Waals surface area contributed by atoms with Crippen LogP contribution in [0.25, 0.3) is 0 Å². The number of carbonyl (C=O) groups excluding carboxylic acids is 2. The van der Waals surface area contributed by atoms with Gasteiger partial charge in [0.1, 0.15) is 0 Å². The third kappa shape index (κ3) is 5.87. The minimum Gasteiger partial charge on any atom is -0.493 e. The SMILES string of the molecule is COc1cc(C=NNC(=O)C(O)(c2ccccc2)c2ccccc2)ccc1OC(=O)c1ccccc1I. The van der Waals surface area contributed by atoms with Gasteiger partial charge in [0.05, 0.1) is 18.9 Å². The summed E-state index contributed by atoms with van der Waals surface area (Å²) >= 11 is 2.07. The quantitative estimate of drug-likeness (QED) is 0.0978. The lowest BCUT2D eigenvalue weighted by Crippen LogP contribution is -2.43. The number of esters is 1. The number of hydrogen-bond donors (Lipinski definition) is 2. The summed E-state index contributed by atoms with van der Waals surface area (Å²) in [4.78, 5) is 25.7. The maximum Gasteiger partial charge on any atom is 0.344 e. The number of benzene rings is 4. The van der Waals surface area contributed by atoms with Crippen LogP contribution in [0.5, 0.6) is 11.5 Å². The summed E-state index contributed by atoms with van der Waals surface area (Å²) in [5, 5.41) is 15.5. The van der Waals surface area contributed by atoms with Crippen LogP contribution in [-0.4, -0.2) is 30.3 Å². The zero-order valence-electron chi connectivity index (χ0n) is 19.8. The highest BCUT2D eigenvalue weighted by Gasteiger charge is 2.39. The fraction of sp³-hybridized carbons (Fsp3) is 0.0690. The number of nitrogens with zero attached hydrogens (tertiary/aromatic N) is 1. The molecular weight excluding hydrogens is 583 g/mol. The van der Waals surface area contributed by atoms with Gasteiger partial charge in [-0.15, -0.1) is 0 Å². The average Bonchev–Trinajstić information content (AvgIpc) is 2.94. The van der Waals surface area contributed by atoms with Crippen LogP contribution in [0.15, 0.2) is 108 Å². The van der Waals surface area contributed by atoms with Crippen molar-refractivity contribution in [3.05, 3.63) is 129 Å². The van der Waals surface area contributed by atoms with Crippen LogP contribution in [-0.2, 0) is 10.4 Å². The van der Waals surface area contributed by atoms with Gasteiger partial charge in [-0.2, -0.15) is 5.10 Å². The maximum absolute atomic E-state index is 13.2. The second-order valence-electron chi connectivity index (χ2n) is 7.92. The lowest BCUT2D eigenvalue weighted by molar-refractivity contribution is -0.136. The van der Waals surface area contributed by atoms with Gasteiger partial charge in [0.2, 0.25) is 0 Å². The first-order valence-corrected chi connectivity index (χ1v) is 12.3. The molecule has 37 heavy (non-hydrogen) atoms. The minimum atomic E-state index is -1.94. The summed E-state index contributed by atoms with van der Waals surface area (Å²) in [6.45, 7) is 0. The fourth-order valence-corrected chi connectivity index (χ4v) is 4.27. The number of amides is 1. The standard InChI is InChI=1S/C29H23IN2O5/c1-36-26-18-20(16-17-25(26)37-27(33)23-14-8-9-15-24(23)30)19-31-32-28(34)29(35,21-10-4-2-5-11-21)22-12-6-3-7-13-22/h2-19,35H,1H3,(H,32,34). The lowest BCUT2D eigenvalue weighted by atomic mass is 9.85. The van der Waals surface area contributed by atoms with Gasteiger partial charge in [0.15, 0.2) is 17.1 Å². The molecule has 2 N–H and O–H groups in total. The van der Waals surface area contributed by atoms with Gasteiger partial charge < -0.3 is 14.6 Å². The van der Waals surface area contributed by atoms with Crippen LogP contribution in [0, 0.1) is 3.57 Å². The number of halogens is 1. The number of methoxy groups -OCH3 is 1. The molecule has 0 unspecified atom stereocenters. The number of aliphatic hydroxyl groups is 1. The largest absolute Gasteiger partial charge is 0.493 e. The Morgan fingerprint density at radius 2 is 1.46 bits per heavy atom. The summed E-state index contributed by atoms with van der Waals surface area (Å²) in [5.74, 6) is -0.648. The number of nitrogens with one attached hydrogen (secondary N) is 1. The first-order chi connectivity index (χ1) is 17.9. The monoisotopic (exact) mass is 606 g/mol. The predicted octanol–water partition coefficient (Wildman–Crippen LogP) is 4.91. The second kappa shape index (κ2) is 11.8. The van der Waals surface area contributed by atoms with E-state index >= 15 is 0 Å². The number of rotatable bonds is 8. The third-order valence-corrected chi connectivity index (χ3v) is 6.52. The molecule has 8 heteroatoms. The van der Waals surface area contributed by atoms with Gasteiger partial charge in [-0.25, -0.2) is 10.2 Å². The number of ether oxygens (including phenoxy) is 2. The van der Waals surface area contributed by atoms with Crippen LogP contribution >= 0.6 is 22.6 Å². The van der Waals surface area contributed by atoms with Crippen molar-refractivity contribution in [3.63, 3.8) is 0 Å².